The maximum Gasteiger partial charge on any atom is 0.134 e. The van der Waals surface area contributed by atoms with Crippen molar-refractivity contribution in [3.8, 4) is 0 Å². The Morgan fingerprint density at radius 1 is 1.45 bits per heavy atom. The van der Waals surface area contributed by atoms with Gasteiger partial charge in [-0.3, -0.25) is 0 Å². The van der Waals surface area contributed by atoms with Crippen molar-refractivity contribution in [3.63, 3.8) is 0 Å². The molecule has 2 rings (SSSR count). The number of hydrogen-bond donors (Lipinski definition) is 1. The second-order valence-electron chi connectivity index (χ2n) is 5.83. The van der Waals surface area contributed by atoms with Crippen molar-refractivity contribution in [1.29, 1.82) is 0 Å². The Kier molecular flexibility index (Phi) is 5.17. The van der Waals surface area contributed by atoms with E-state index in [0.717, 1.165) is 42.8 Å². The van der Waals surface area contributed by atoms with Crippen molar-refractivity contribution in [3.05, 3.63) is 11.9 Å². The molecule has 1 saturated heterocycles. The third-order valence-corrected chi connectivity index (χ3v) is 3.90. The van der Waals surface area contributed by atoms with Crippen LogP contribution in [0.1, 0.15) is 25.6 Å². The lowest BCUT2D eigenvalue weighted by atomic mass is 10.1. The molecule has 1 unspecified atom stereocenters. The van der Waals surface area contributed by atoms with E-state index in [1.807, 2.05) is 13.1 Å². The summed E-state index contributed by atoms with van der Waals surface area (Å²) in [5.41, 5.74) is 0. The first kappa shape index (κ1) is 15.0. The van der Waals surface area contributed by atoms with Gasteiger partial charge in [0.1, 0.15) is 17.5 Å². The molecule has 0 radical (unpaired) electrons. The van der Waals surface area contributed by atoms with Crippen LogP contribution in [-0.4, -0.2) is 55.6 Å². The SMILES string of the molecule is CCCc1nc(NC)cc(N(C)CC2CCN(C)C2)n1. The third-order valence-electron chi connectivity index (χ3n) is 3.90. The molecule has 2 heterocycles. The summed E-state index contributed by atoms with van der Waals surface area (Å²) < 4.78 is 0. The first-order valence-corrected chi connectivity index (χ1v) is 7.57. The molecular weight excluding hydrogens is 250 g/mol. The number of rotatable bonds is 6. The third kappa shape index (κ3) is 3.82. The van der Waals surface area contributed by atoms with Crippen LogP contribution < -0.4 is 10.2 Å². The van der Waals surface area contributed by atoms with Crippen LogP contribution in [-0.2, 0) is 6.42 Å². The fraction of sp³-hybridized carbons (Fsp3) is 0.733. The van der Waals surface area contributed by atoms with Gasteiger partial charge in [0.05, 0.1) is 0 Å². The summed E-state index contributed by atoms with van der Waals surface area (Å²) in [5, 5.41) is 3.14. The Hall–Kier alpha value is -1.36. The van der Waals surface area contributed by atoms with E-state index in [1.165, 1.54) is 19.5 Å². The minimum Gasteiger partial charge on any atom is -0.373 e. The average Bonchev–Trinajstić information content (AvgIpc) is 2.84. The van der Waals surface area contributed by atoms with Crippen LogP contribution in [0.15, 0.2) is 6.07 Å². The quantitative estimate of drug-likeness (QED) is 0.860. The molecule has 1 N–H and O–H groups in total. The standard InChI is InChI=1S/C15H27N5/c1-5-6-13-17-14(16-2)9-15(18-13)20(4)11-12-7-8-19(3)10-12/h9,12H,5-8,10-11H2,1-4H3,(H,16,17,18). The zero-order valence-corrected chi connectivity index (χ0v) is 13.2. The van der Waals surface area contributed by atoms with Gasteiger partial charge in [-0.2, -0.15) is 0 Å². The van der Waals surface area contributed by atoms with E-state index in [0.29, 0.717) is 0 Å². The lowest BCUT2D eigenvalue weighted by molar-refractivity contribution is 0.395. The first-order valence-electron chi connectivity index (χ1n) is 7.57. The fourth-order valence-corrected chi connectivity index (χ4v) is 2.80. The topological polar surface area (TPSA) is 44.3 Å². The summed E-state index contributed by atoms with van der Waals surface area (Å²) >= 11 is 0. The van der Waals surface area contributed by atoms with Crippen molar-refractivity contribution in [1.82, 2.24) is 14.9 Å². The largest absolute Gasteiger partial charge is 0.373 e. The molecule has 0 saturated carbocycles. The van der Waals surface area contributed by atoms with Crippen molar-refractivity contribution in [2.24, 2.45) is 5.92 Å². The molecule has 1 aliphatic heterocycles. The van der Waals surface area contributed by atoms with E-state index in [-0.39, 0.29) is 0 Å². The van der Waals surface area contributed by atoms with E-state index >= 15 is 0 Å². The van der Waals surface area contributed by atoms with Crippen LogP contribution >= 0.6 is 0 Å². The highest BCUT2D eigenvalue weighted by molar-refractivity contribution is 5.48. The monoisotopic (exact) mass is 277 g/mol. The molecular formula is C15H27N5. The molecule has 1 aliphatic rings. The zero-order chi connectivity index (χ0) is 14.5. The highest BCUT2D eigenvalue weighted by Crippen LogP contribution is 2.20. The summed E-state index contributed by atoms with van der Waals surface area (Å²) in [6.45, 7) is 5.63. The van der Waals surface area contributed by atoms with Gasteiger partial charge in [-0.05, 0) is 32.4 Å². The van der Waals surface area contributed by atoms with Crippen molar-refractivity contribution in [2.75, 3.05) is 51.0 Å². The van der Waals surface area contributed by atoms with Gasteiger partial charge in [0.15, 0.2) is 0 Å². The molecule has 5 nitrogen and oxygen atoms in total. The number of aromatic nitrogens is 2. The molecule has 1 atom stereocenters. The number of nitrogens with one attached hydrogen (secondary N) is 1. The van der Waals surface area contributed by atoms with Gasteiger partial charge in [-0.1, -0.05) is 6.92 Å². The molecule has 20 heavy (non-hydrogen) atoms. The number of hydrogen-bond acceptors (Lipinski definition) is 5. The number of likely N-dealkylation sites (tertiary alicyclic amines) is 1. The molecule has 1 aromatic rings. The molecule has 0 amide bonds. The van der Waals surface area contributed by atoms with Crippen LogP contribution in [0.2, 0.25) is 0 Å². The summed E-state index contributed by atoms with van der Waals surface area (Å²) in [6.07, 6.45) is 3.29. The van der Waals surface area contributed by atoms with E-state index in [9.17, 15) is 0 Å². The zero-order valence-electron chi connectivity index (χ0n) is 13.2. The Bertz CT molecular complexity index is 434. The van der Waals surface area contributed by atoms with Gasteiger partial charge in [-0.15, -0.1) is 0 Å². The van der Waals surface area contributed by atoms with Gasteiger partial charge in [0.25, 0.3) is 0 Å². The molecule has 5 heteroatoms. The second kappa shape index (κ2) is 6.88. The Morgan fingerprint density at radius 2 is 2.25 bits per heavy atom. The molecule has 1 fully saturated rings. The predicted molar refractivity (Wildman–Crippen MR) is 84.4 cm³/mol. The van der Waals surface area contributed by atoms with Crippen LogP contribution in [0.3, 0.4) is 0 Å². The predicted octanol–water partition coefficient (Wildman–Crippen LogP) is 1.86. The van der Waals surface area contributed by atoms with Crippen LogP contribution in [0.5, 0.6) is 0 Å². The minimum atomic E-state index is 0.743. The molecule has 0 bridgehead atoms. The highest BCUT2D eigenvalue weighted by atomic mass is 15.2. The summed E-state index contributed by atoms with van der Waals surface area (Å²) in [6, 6.07) is 2.04. The van der Waals surface area contributed by atoms with Crippen molar-refractivity contribution >= 4 is 11.6 Å². The minimum absolute atomic E-state index is 0.743. The summed E-state index contributed by atoms with van der Waals surface area (Å²) in [7, 11) is 6.24. The van der Waals surface area contributed by atoms with E-state index < -0.39 is 0 Å². The summed E-state index contributed by atoms with van der Waals surface area (Å²) in [5.74, 6) is 3.62. The molecule has 1 aromatic heterocycles. The molecule has 112 valence electrons. The van der Waals surface area contributed by atoms with E-state index in [4.69, 9.17) is 4.98 Å². The lowest BCUT2D eigenvalue weighted by Gasteiger charge is -2.23. The van der Waals surface area contributed by atoms with E-state index in [2.05, 4.69) is 41.1 Å². The number of aryl methyl sites for hydroxylation is 1. The fourth-order valence-electron chi connectivity index (χ4n) is 2.80. The highest BCUT2D eigenvalue weighted by Gasteiger charge is 2.21. The summed E-state index contributed by atoms with van der Waals surface area (Å²) in [4.78, 5) is 13.9. The molecule has 0 spiro atoms. The van der Waals surface area contributed by atoms with Crippen molar-refractivity contribution < 1.29 is 0 Å². The van der Waals surface area contributed by atoms with Gasteiger partial charge < -0.3 is 15.1 Å². The van der Waals surface area contributed by atoms with Crippen LogP contribution in [0, 0.1) is 5.92 Å². The Balaban J connectivity index is 2.07. The second-order valence-corrected chi connectivity index (χ2v) is 5.83. The normalized spacial score (nSPS) is 19.3. The maximum absolute atomic E-state index is 4.69. The number of nitrogens with zero attached hydrogens (tertiary/aromatic N) is 4. The van der Waals surface area contributed by atoms with Gasteiger partial charge in [-0.25, -0.2) is 9.97 Å². The lowest BCUT2D eigenvalue weighted by Crippen LogP contribution is -2.28. The molecule has 0 aliphatic carbocycles. The van der Waals surface area contributed by atoms with Crippen LogP contribution in [0.25, 0.3) is 0 Å². The maximum atomic E-state index is 4.69. The van der Waals surface area contributed by atoms with Gasteiger partial charge in [0.2, 0.25) is 0 Å². The van der Waals surface area contributed by atoms with Crippen LogP contribution in [0.4, 0.5) is 11.6 Å². The molecule has 0 aromatic carbocycles. The van der Waals surface area contributed by atoms with Crippen molar-refractivity contribution in [2.45, 2.75) is 26.2 Å². The smallest absolute Gasteiger partial charge is 0.134 e. The average molecular weight is 277 g/mol. The Morgan fingerprint density at radius 3 is 2.85 bits per heavy atom. The number of anilines is 2. The van der Waals surface area contributed by atoms with Gasteiger partial charge >= 0.3 is 0 Å². The Labute approximate surface area is 122 Å². The van der Waals surface area contributed by atoms with E-state index in [1.54, 1.807) is 0 Å². The van der Waals surface area contributed by atoms with Gasteiger partial charge in [0, 0.05) is 39.7 Å². The first-order chi connectivity index (χ1) is 9.62.